The number of hydrogen-bond acceptors (Lipinski definition) is 2. The number of amides is 1. The molecule has 1 aliphatic heterocycles. The van der Waals surface area contributed by atoms with E-state index < -0.39 is 0 Å². The molecule has 2 aromatic rings. The summed E-state index contributed by atoms with van der Waals surface area (Å²) in [6.07, 6.45) is 3.08. The lowest BCUT2D eigenvalue weighted by Crippen LogP contribution is -2.31. The van der Waals surface area contributed by atoms with Crippen molar-refractivity contribution in [1.29, 1.82) is 0 Å². The summed E-state index contributed by atoms with van der Waals surface area (Å²) in [6, 6.07) is 4.54. The second kappa shape index (κ2) is 4.97. The molecule has 0 N–H and O–H groups in total. The Hall–Kier alpha value is -1.77. The highest BCUT2D eigenvalue weighted by Gasteiger charge is 2.21. The number of carbonyl (C=O) groups is 1. The number of furan rings is 1. The predicted octanol–water partition coefficient (Wildman–Crippen LogP) is 3.69. The van der Waals surface area contributed by atoms with Crippen molar-refractivity contribution < 1.29 is 9.21 Å². The highest BCUT2D eigenvalue weighted by molar-refractivity contribution is 5.85. The number of likely N-dealkylation sites (tertiary alicyclic amines) is 1. The molecule has 0 bridgehead atoms. The summed E-state index contributed by atoms with van der Waals surface area (Å²) in [6.45, 7) is 8.01. The maximum Gasteiger partial charge on any atom is 0.209 e. The van der Waals surface area contributed by atoms with Gasteiger partial charge in [-0.2, -0.15) is 0 Å². The number of carbonyl (C=O) groups excluding carboxylic acids is 1. The fraction of sp³-hybridized carbons (Fsp3) is 0.471. The largest absolute Gasteiger partial charge is 0.461 e. The number of piperidine rings is 1. The first-order valence-electron chi connectivity index (χ1n) is 7.29. The normalized spacial score (nSPS) is 16.9. The van der Waals surface area contributed by atoms with Crippen molar-refractivity contribution >= 4 is 17.4 Å². The highest BCUT2D eigenvalue weighted by atomic mass is 16.3. The average molecular weight is 271 g/mol. The van der Waals surface area contributed by atoms with Gasteiger partial charge in [0.05, 0.1) is 0 Å². The zero-order chi connectivity index (χ0) is 14.3. The zero-order valence-electron chi connectivity index (χ0n) is 12.4. The maximum atomic E-state index is 10.8. The zero-order valence-corrected chi connectivity index (χ0v) is 12.4. The molecular formula is C17H21NO2. The van der Waals surface area contributed by atoms with Gasteiger partial charge >= 0.3 is 0 Å². The molecule has 1 saturated heterocycles. The lowest BCUT2D eigenvalue weighted by Gasteiger charge is -2.29. The molecule has 1 aromatic carbocycles. The van der Waals surface area contributed by atoms with Crippen LogP contribution < -0.4 is 0 Å². The second-order valence-corrected chi connectivity index (χ2v) is 5.91. The van der Waals surface area contributed by atoms with Crippen molar-refractivity contribution in [3.05, 3.63) is 34.6 Å². The molecule has 3 heteroatoms. The number of rotatable bonds is 2. The molecule has 0 atom stereocenters. The first-order valence-corrected chi connectivity index (χ1v) is 7.29. The second-order valence-electron chi connectivity index (χ2n) is 5.91. The van der Waals surface area contributed by atoms with Crippen LogP contribution in [0.2, 0.25) is 0 Å². The van der Waals surface area contributed by atoms with Crippen LogP contribution in [0.1, 0.15) is 41.2 Å². The van der Waals surface area contributed by atoms with Gasteiger partial charge in [0, 0.05) is 18.5 Å². The van der Waals surface area contributed by atoms with E-state index in [2.05, 4.69) is 26.0 Å². The van der Waals surface area contributed by atoms with Crippen LogP contribution in [0.15, 0.2) is 16.5 Å². The van der Waals surface area contributed by atoms with Crippen LogP contribution in [0.4, 0.5) is 0 Å². The van der Waals surface area contributed by atoms with Crippen LogP contribution in [-0.2, 0) is 4.79 Å². The lowest BCUT2D eigenvalue weighted by molar-refractivity contribution is -0.119. The van der Waals surface area contributed by atoms with E-state index in [0.29, 0.717) is 5.92 Å². The molecule has 1 aromatic heterocycles. The van der Waals surface area contributed by atoms with Gasteiger partial charge in [-0.3, -0.25) is 4.79 Å². The molecule has 1 fully saturated rings. The number of aryl methyl sites for hydroxylation is 3. The molecule has 0 spiro atoms. The van der Waals surface area contributed by atoms with E-state index >= 15 is 0 Å². The lowest BCUT2D eigenvalue weighted by atomic mass is 9.87. The summed E-state index contributed by atoms with van der Waals surface area (Å²) >= 11 is 0. The minimum atomic E-state index is 0.559. The molecule has 1 aliphatic rings. The summed E-state index contributed by atoms with van der Waals surface area (Å²) in [5.74, 6) is 1.57. The molecule has 1 amide bonds. The molecule has 3 rings (SSSR count). The first-order chi connectivity index (χ1) is 9.60. The van der Waals surface area contributed by atoms with Crippen LogP contribution in [0.5, 0.6) is 0 Å². The molecule has 0 saturated carbocycles. The summed E-state index contributed by atoms with van der Waals surface area (Å²) in [5, 5.41) is 1.25. The molecule has 0 aliphatic carbocycles. The maximum absolute atomic E-state index is 10.8. The van der Waals surface area contributed by atoms with E-state index in [4.69, 9.17) is 4.42 Å². The Kier molecular flexibility index (Phi) is 3.28. The summed E-state index contributed by atoms with van der Waals surface area (Å²) < 4.78 is 5.85. The number of fused-ring (bicyclic) bond motifs is 1. The number of benzene rings is 1. The molecule has 3 nitrogen and oxygen atoms in total. The third-order valence-electron chi connectivity index (χ3n) is 4.63. The van der Waals surface area contributed by atoms with Crippen molar-refractivity contribution in [1.82, 2.24) is 4.90 Å². The van der Waals surface area contributed by atoms with E-state index in [-0.39, 0.29) is 0 Å². The Morgan fingerprint density at radius 1 is 1.20 bits per heavy atom. The van der Waals surface area contributed by atoms with Crippen LogP contribution in [0.25, 0.3) is 11.0 Å². The standard InChI is InChI=1S/C17H21NO2/c1-11-8-15(14-4-6-18(10-19)7-5-14)9-16-12(2)13(3)20-17(11)16/h8-10,14H,4-7H2,1-3H3. The van der Waals surface area contributed by atoms with Crippen molar-refractivity contribution in [3.63, 3.8) is 0 Å². The van der Waals surface area contributed by atoms with Gasteiger partial charge in [0.15, 0.2) is 0 Å². The van der Waals surface area contributed by atoms with Gasteiger partial charge in [-0.15, -0.1) is 0 Å². The Labute approximate surface area is 119 Å². The molecule has 20 heavy (non-hydrogen) atoms. The average Bonchev–Trinajstić information content (AvgIpc) is 2.76. The summed E-state index contributed by atoms with van der Waals surface area (Å²) in [4.78, 5) is 12.7. The van der Waals surface area contributed by atoms with Crippen molar-refractivity contribution in [2.24, 2.45) is 0 Å². The van der Waals surface area contributed by atoms with Crippen LogP contribution in [0.3, 0.4) is 0 Å². The smallest absolute Gasteiger partial charge is 0.209 e. The van der Waals surface area contributed by atoms with Crippen LogP contribution >= 0.6 is 0 Å². The number of nitrogens with zero attached hydrogens (tertiary/aromatic N) is 1. The quantitative estimate of drug-likeness (QED) is 0.780. The van der Waals surface area contributed by atoms with Gasteiger partial charge in [-0.25, -0.2) is 0 Å². The fourth-order valence-electron chi connectivity index (χ4n) is 3.21. The van der Waals surface area contributed by atoms with Gasteiger partial charge in [-0.05, 0) is 62.3 Å². The van der Waals surface area contributed by atoms with Crippen molar-refractivity contribution in [2.45, 2.75) is 39.5 Å². The number of hydrogen-bond donors (Lipinski definition) is 0. The molecule has 0 radical (unpaired) electrons. The molecule has 2 heterocycles. The van der Waals surface area contributed by atoms with Crippen molar-refractivity contribution in [3.8, 4) is 0 Å². The Morgan fingerprint density at radius 2 is 1.90 bits per heavy atom. The van der Waals surface area contributed by atoms with Crippen LogP contribution in [0, 0.1) is 20.8 Å². The van der Waals surface area contributed by atoms with E-state index in [1.165, 1.54) is 22.1 Å². The topological polar surface area (TPSA) is 33.5 Å². The SMILES string of the molecule is Cc1oc2c(C)cc(C3CCN(C=O)CC3)cc2c1C. The minimum Gasteiger partial charge on any atom is -0.461 e. The van der Waals surface area contributed by atoms with Gasteiger partial charge in [-0.1, -0.05) is 6.07 Å². The third-order valence-corrected chi connectivity index (χ3v) is 4.63. The molecule has 0 unspecified atom stereocenters. The highest BCUT2D eigenvalue weighted by Crippen LogP contribution is 2.34. The van der Waals surface area contributed by atoms with Gasteiger partial charge < -0.3 is 9.32 Å². The van der Waals surface area contributed by atoms with Gasteiger partial charge in [0.25, 0.3) is 0 Å². The van der Waals surface area contributed by atoms with E-state index in [0.717, 1.165) is 43.7 Å². The van der Waals surface area contributed by atoms with E-state index in [1.54, 1.807) is 0 Å². The third kappa shape index (κ3) is 2.11. The Bertz CT molecular complexity index is 649. The van der Waals surface area contributed by atoms with Gasteiger partial charge in [0.2, 0.25) is 6.41 Å². The predicted molar refractivity (Wildman–Crippen MR) is 80.0 cm³/mol. The van der Waals surface area contributed by atoms with Crippen molar-refractivity contribution in [2.75, 3.05) is 13.1 Å². The summed E-state index contributed by atoms with van der Waals surface area (Å²) in [5.41, 5.74) is 4.88. The minimum absolute atomic E-state index is 0.559. The molecular weight excluding hydrogens is 250 g/mol. The van der Waals surface area contributed by atoms with E-state index in [9.17, 15) is 4.79 Å². The molecule has 106 valence electrons. The van der Waals surface area contributed by atoms with Gasteiger partial charge in [0.1, 0.15) is 11.3 Å². The summed E-state index contributed by atoms with van der Waals surface area (Å²) in [7, 11) is 0. The van der Waals surface area contributed by atoms with E-state index in [1.807, 2.05) is 11.8 Å². The van der Waals surface area contributed by atoms with Crippen LogP contribution in [-0.4, -0.2) is 24.4 Å². The first kappa shape index (κ1) is 13.2. The monoisotopic (exact) mass is 271 g/mol. The fourth-order valence-corrected chi connectivity index (χ4v) is 3.21. The Balaban J connectivity index is 1.96. The Morgan fingerprint density at radius 3 is 2.55 bits per heavy atom.